The second kappa shape index (κ2) is 5.51. The molecule has 20 heavy (non-hydrogen) atoms. The zero-order valence-electron chi connectivity index (χ0n) is 10.5. The summed E-state index contributed by atoms with van der Waals surface area (Å²) in [5.74, 6) is 0.110. The van der Waals surface area contributed by atoms with E-state index in [-0.39, 0.29) is 27.9 Å². The average molecular weight is 339 g/mol. The van der Waals surface area contributed by atoms with Crippen LogP contribution in [-0.4, -0.2) is 34.4 Å². The molecule has 0 amide bonds. The molecule has 112 valence electrons. The Balaban J connectivity index is 2.18. The fourth-order valence-electron chi connectivity index (χ4n) is 2.11. The number of rotatable bonds is 4. The normalized spacial score (nSPS) is 21.9. The van der Waals surface area contributed by atoms with Crippen molar-refractivity contribution in [1.82, 2.24) is 4.72 Å². The Hall–Kier alpha value is -0.830. The van der Waals surface area contributed by atoms with E-state index in [1.807, 2.05) is 0 Å². The Bertz CT molecular complexity index is 716. The van der Waals surface area contributed by atoms with Crippen molar-refractivity contribution in [2.45, 2.75) is 23.0 Å². The van der Waals surface area contributed by atoms with Crippen LogP contribution in [0.15, 0.2) is 23.1 Å². The minimum atomic E-state index is -3.87. The van der Waals surface area contributed by atoms with E-state index in [9.17, 15) is 16.8 Å². The van der Waals surface area contributed by atoms with Crippen LogP contribution in [0.3, 0.4) is 0 Å². The van der Waals surface area contributed by atoms with Crippen LogP contribution < -0.4 is 10.5 Å². The van der Waals surface area contributed by atoms with E-state index in [1.165, 1.54) is 18.2 Å². The third-order valence-electron chi connectivity index (χ3n) is 3.23. The predicted octanol–water partition coefficient (Wildman–Crippen LogP) is 0.778. The topological polar surface area (TPSA) is 106 Å². The molecular weight excluding hydrogens is 324 g/mol. The predicted molar refractivity (Wildman–Crippen MR) is 77.9 cm³/mol. The summed E-state index contributed by atoms with van der Waals surface area (Å²) in [6.45, 7) is -0.142. The highest BCUT2D eigenvalue weighted by Crippen LogP contribution is 2.24. The van der Waals surface area contributed by atoms with E-state index in [4.69, 9.17) is 17.3 Å². The quantitative estimate of drug-likeness (QED) is 0.789. The van der Waals surface area contributed by atoms with Crippen molar-refractivity contribution in [1.29, 1.82) is 0 Å². The molecule has 0 bridgehead atoms. The number of hydrogen-bond acceptors (Lipinski definition) is 5. The van der Waals surface area contributed by atoms with E-state index in [1.54, 1.807) is 0 Å². The van der Waals surface area contributed by atoms with Crippen LogP contribution in [0.2, 0.25) is 5.02 Å². The Morgan fingerprint density at radius 2 is 2.10 bits per heavy atom. The molecule has 0 radical (unpaired) electrons. The third kappa shape index (κ3) is 3.25. The summed E-state index contributed by atoms with van der Waals surface area (Å²) in [7, 11) is -7.07. The van der Waals surface area contributed by atoms with Gasteiger partial charge in [-0.1, -0.05) is 11.6 Å². The number of benzene rings is 1. The lowest BCUT2D eigenvalue weighted by molar-refractivity contribution is 0.571. The van der Waals surface area contributed by atoms with Gasteiger partial charge in [0.25, 0.3) is 0 Å². The summed E-state index contributed by atoms with van der Waals surface area (Å²) in [6, 6.07) is 4.11. The summed E-state index contributed by atoms with van der Waals surface area (Å²) in [5.41, 5.74) is 5.68. The van der Waals surface area contributed by atoms with Gasteiger partial charge >= 0.3 is 0 Å². The first-order valence-corrected chi connectivity index (χ1v) is 9.56. The van der Waals surface area contributed by atoms with Gasteiger partial charge < -0.3 is 5.73 Å². The summed E-state index contributed by atoms with van der Waals surface area (Å²) < 4.78 is 49.9. The third-order valence-corrected chi connectivity index (χ3v) is 7.22. The van der Waals surface area contributed by atoms with E-state index in [2.05, 4.69) is 4.72 Å². The van der Waals surface area contributed by atoms with Crippen LogP contribution in [0.1, 0.15) is 12.8 Å². The highest BCUT2D eigenvalue weighted by atomic mass is 35.5. The van der Waals surface area contributed by atoms with Crippen molar-refractivity contribution >= 4 is 37.1 Å². The van der Waals surface area contributed by atoms with Crippen LogP contribution >= 0.6 is 11.6 Å². The molecular formula is C11H15ClN2O4S2. The number of nitrogen functional groups attached to an aromatic ring is 1. The van der Waals surface area contributed by atoms with Gasteiger partial charge in [0, 0.05) is 11.6 Å². The second-order valence-corrected chi connectivity index (χ2v) is 9.24. The zero-order chi connectivity index (χ0) is 15.0. The number of anilines is 1. The lowest BCUT2D eigenvalue weighted by atomic mass is 10.2. The van der Waals surface area contributed by atoms with Crippen LogP contribution in [-0.2, 0) is 19.9 Å². The van der Waals surface area contributed by atoms with Gasteiger partial charge in [0.2, 0.25) is 10.0 Å². The van der Waals surface area contributed by atoms with Crippen molar-refractivity contribution in [3.05, 3.63) is 23.2 Å². The molecule has 2 rings (SSSR count). The maximum absolute atomic E-state index is 12.1. The molecule has 0 spiro atoms. The van der Waals surface area contributed by atoms with Gasteiger partial charge in [-0.15, -0.1) is 0 Å². The van der Waals surface area contributed by atoms with Crippen molar-refractivity contribution in [3.8, 4) is 0 Å². The van der Waals surface area contributed by atoms with Gasteiger partial charge in [-0.25, -0.2) is 21.6 Å². The summed E-state index contributed by atoms with van der Waals surface area (Å²) in [5, 5.41) is -0.425. The standard InChI is InChI=1S/C11H15ClN2O4S2/c12-8-3-4-10(13)11(6-8)20(17,18)14-7-9-2-1-5-19(9,15)16/h3-4,6,9,14H,1-2,5,7,13H2. The first-order valence-electron chi connectivity index (χ1n) is 5.99. The number of sulfonamides is 1. The molecule has 1 atom stereocenters. The van der Waals surface area contributed by atoms with Crippen molar-refractivity contribution in [2.75, 3.05) is 18.0 Å². The molecule has 0 saturated carbocycles. The average Bonchev–Trinajstić information content (AvgIpc) is 2.69. The van der Waals surface area contributed by atoms with Gasteiger partial charge in [0.05, 0.1) is 16.7 Å². The molecule has 0 aromatic heterocycles. The smallest absolute Gasteiger partial charge is 0.242 e. The van der Waals surface area contributed by atoms with Gasteiger partial charge in [0.15, 0.2) is 9.84 Å². The fraction of sp³-hybridized carbons (Fsp3) is 0.455. The van der Waals surface area contributed by atoms with Gasteiger partial charge in [-0.2, -0.15) is 0 Å². The van der Waals surface area contributed by atoms with E-state index in [0.29, 0.717) is 12.8 Å². The summed E-state index contributed by atoms with van der Waals surface area (Å²) in [4.78, 5) is -0.139. The lowest BCUT2D eigenvalue weighted by Gasteiger charge is -2.12. The first-order chi connectivity index (χ1) is 9.22. The van der Waals surface area contributed by atoms with Gasteiger partial charge in [-0.3, -0.25) is 0 Å². The minimum Gasteiger partial charge on any atom is -0.398 e. The Morgan fingerprint density at radius 3 is 2.70 bits per heavy atom. The van der Waals surface area contributed by atoms with Gasteiger partial charge in [0.1, 0.15) is 4.90 Å². The monoisotopic (exact) mass is 338 g/mol. The molecule has 1 aliphatic heterocycles. The van der Waals surface area contributed by atoms with E-state index < -0.39 is 25.1 Å². The number of hydrogen-bond donors (Lipinski definition) is 2. The highest BCUT2D eigenvalue weighted by molar-refractivity contribution is 7.92. The molecule has 1 unspecified atom stereocenters. The summed E-state index contributed by atoms with van der Waals surface area (Å²) in [6.07, 6.45) is 1.03. The molecule has 1 saturated heterocycles. The molecule has 1 aliphatic rings. The molecule has 1 aromatic carbocycles. The largest absolute Gasteiger partial charge is 0.398 e. The maximum atomic E-state index is 12.1. The number of nitrogens with one attached hydrogen (secondary N) is 1. The van der Waals surface area contributed by atoms with E-state index in [0.717, 1.165) is 0 Å². The van der Waals surface area contributed by atoms with Crippen molar-refractivity contribution in [2.24, 2.45) is 0 Å². The molecule has 1 fully saturated rings. The van der Waals surface area contributed by atoms with Crippen LogP contribution in [0.5, 0.6) is 0 Å². The Labute approximate surface area is 123 Å². The maximum Gasteiger partial charge on any atom is 0.242 e. The SMILES string of the molecule is Nc1ccc(Cl)cc1S(=O)(=O)NCC1CCCS1(=O)=O. The first kappa shape index (κ1) is 15.6. The second-order valence-electron chi connectivity index (χ2n) is 4.67. The number of sulfone groups is 1. The van der Waals surface area contributed by atoms with Crippen molar-refractivity contribution < 1.29 is 16.8 Å². The fourth-order valence-corrected chi connectivity index (χ4v) is 5.45. The molecule has 1 aromatic rings. The molecule has 3 N–H and O–H groups in total. The molecule has 1 heterocycles. The Morgan fingerprint density at radius 1 is 1.40 bits per heavy atom. The molecule has 6 nitrogen and oxygen atoms in total. The molecule has 9 heteroatoms. The van der Waals surface area contributed by atoms with Crippen molar-refractivity contribution in [3.63, 3.8) is 0 Å². The number of halogens is 1. The van der Waals surface area contributed by atoms with E-state index >= 15 is 0 Å². The lowest BCUT2D eigenvalue weighted by Crippen LogP contribution is -2.34. The zero-order valence-corrected chi connectivity index (χ0v) is 12.9. The Kier molecular flexibility index (Phi) is 4.29. The van der Waals surface area contributed by atoms with Crippen LogP contribution in [0.25, 0.3) is 0 Å². The highest BCUT2D eigenvalue weighted by Gasteiger charge is 2.32. The molecule has 0 aliphatic carbocycles. The van der Waals surface area contributed by atoms with Gasteiger partial charge in [-0.05, 0) is 31.0 Å². The minimum absolute atomic E-state index is 0.0659. The van der Waals surface area contributed by atoms with Crippen LogP contribution in [0.4, 0.5) is 5.69 Å². The van der Waals surface area contributed by atoms with Crippen LogP contribution in [0, 0.1) is 0 Å². The summed E-state index contributed by atoms with van der Waals surface area (Å²) >= 11 is 5.75. The number of nitrogens with two attached hydrogens (primary N) is 1.